The lowest BCUT2D eigenvalue weighted by molar-refractivity contribution is -0.122. The van der Waals surface area contributed by atoms with Gasteiger partial charge in [-0.2, -0.15) is 0 Å². The number of benzene rings is 3. The third-order valence-electron chi connectivity index (χ3n) is 4.82. The molecular formula is C24H25ClN2O6S. The Morgan fingerprint density at radius 3 is 2.32 bits per heavy atom. The molecule has 3 rings (SSSR count). The first-order chi connectivity index (χ1) is 16.2. The van der Waals surface area contributed by atoms with Crippen molar-refractivity contribution < 1.29 is 27.4 Å². The Labute approximate surface area is 203 Å². The molecule has 10 heteroatoms. The van der Waals surface area contributed by atoms with Crippen molar-refractivity contribution in [3.05, 3.63) is 71.8 Å². The van der Waals surface area contributed by atoms with Gasteiger partial charge < -0.3 is 19.5 Å². The molecule has 180 valence electrons. The molecule has 0 fully saturated rings. The largest absolute Gasteiger partial charge is 0.497 e. The fourth-order valence-corrected chi connectivity index (χ4v) is 4.31. The average Bonchev–Trinajstić information content (AvgIpc) is 2.82. The molecule has 0 saturated carbocycles. The molecule has 0 aliphatic rings. The Morgan fingerprint density at radius 2 is 1.71 bits per heavy atom. The molecule has 2 N–H and O–H groups in total. The van der Waals surface area contributed by atoms with Gasteiger partial charge in [0.2, 0.25) is 0 Å². The van der Waals surface area contributed by atoms with Gasteiger partial charge in [-0.25, -0.2) is 8.42 Å². The van der Waals surface area contributed by atoms with Crippen molar-refractivity contribution in [3.63, 3.8) is 0 Å². The van der Waals surface area contributed by atoms with E-state index < -0.39 is 16.1 Å². The van der Waals surface area contributed by atoms with E-state index >= 15 is 0 Å². The Hall–Kier alpha value is -3.43. The van der Waals surface area contributed by atoms with Crippen LogP contribution < -0.4 is 24.2 Å². The van der Waals surface area contributed by atoms with Crippen molar-refractivity contribution >= 4 is 38.9 Å². The van der Waals surface area contributed by atoms with Crippen LogP contribution in [0.4, 0.5) is 11.4 Å². The molecule has 1 atom stereocenters. The Balaban J connectivity index is 1.71. The van der Waals surface area contributed by atoms with Crippen molar-refractivity contribution in [1.82, 2.24) is 0 Å². The number of ether oxygens (including phenoxy) is 3. The number of carbonyl (C=O) groups is 1. The number of halogens is 1. The number of methoxy groups -OCH3 is 2. The van der Waals surface area contributed by atoms with Gasteiger partial charge in [-0.1, -0.05) is 24.6 Å². The Morgan fingerprint density at radius 1 is 0.971 bits per heavy atom. The van der Waals surface area contributed by atoms with Gasteiger partial charge in [0.15, 0.2) is 6.10 Å². The van der Waals surface area contributed by atoms with Crippen LogP contribution in [0.25, 0.3) is 0 Å². The second-order valence-electron chi connectivity index (χ2n) is 7.16. The minimum absolute atomic E-state index is 0.0117. The van der Waals surface area contributed by atoms with Crippen LogP contribution in [0.5, 0.6) is 17.2 Å². The zero-order valence-corrected chi connectivity index (χ0v) is 20.4. The van der Waals surface area contributed by atoms with Crippen LogP contribution in [-0.4, -0.2) is 34.6 Å². The third-order valence-corrected chi connectivity index (χ3v) is 6.44. The van der Waals surface area contributed by atoms with E-state index in [-0.39, 0.29) is 16.5 Å². The van der Waals surface area contributed by atoms with Crippen LogP contribution in [0, 0.1) is 0 Å². The highest BCUT2D eigenvalue weighted by molar-refractivity contribution is 7.92. The summed E-state index contributed by atoms with van der Waals surface area (Å²) in [5, 5.41) is 3.25. The lowest BCUT2D eigenvalue weighted by atomic mass is 10.2. The maximum atomic E-state index is 12.9. The minimum atomic E-state index is -3.92. The van der Waals surface area contributed by atoms with Crippen LogP contribution in [0.3, 0.4) is 0 Å². The standard InChI is InChI=1S/C24H25ClN2O6S/c1-4-22(33-19-7-5-6-16(25)14-19)24(28)26-17-8-11-20(12-9-17)34(29,30)27-21-15-18(31-2)10-13-23(21)32-3/h5-15,22,27H,4H2,1-3H3,(H,26,28)/t22-/m1/s1. The topological polar surface area (TPSA) is 103 Å². The van der Waals surface area contributed by atoms with Crippen molar-refractivity contribution in [2.45, 2.75) is 24.3 Å². The first kappa shape index (κ1) is 25.2. The first-order valence-corrected chi connectivity index (χ1v) is 12.2. The van der Waals surface area contributed by atoms with E-state index in [2.05, 4.69) is 10.0 Å². The monoisotopic (exact) mass is 504 g/mol. The van der Waals surface area contributed by atoms with E-state index in [0.717, 1.165) is 0 Å². The molecule has 0 unspecified atom stereocenters. The summed E-state index contributed by atoms with van der Waals surface area (Å²) in [6.45, 7) is 1.82. The molecule has 0 saturated heterocycles. The van der Waals surface area contributed by atoms with Crippen molar-refractivity contribution in [3.8, 4) is 17.2 Å². The molecule has 0 aromatic heterocycles. The molecule has 0 aliphatic heterocycles. The summed E-state index contributed by atoms with van der Waals surface area (Å²) in [6.07, 6.45) is -0.319. The van der Waals surface area contributed by atoms with Crippen molar-refractivity contribution in [1.29, 1.82) is 0 Å². The summed E-state index contributed by atoms with van der Waals surface area (Å²) in [4.78, 5) is 12.7. The van der Waals surface area contributed by atoms with Crippen LogP contribution in [0.15, 0.2) is 71.6 Å². The molecule has 8 nitrogen and oxygen atoms in total. The number of hydrogen-bond donors (Lipinski definition) is 2. The highest BCUT2D eigenvalue weighted by atomic mass is 35.5. The highest BCUT2D eigenvalue weighted by Crippen LogP contribution is 2.31. The highest BCUT2D eigenvalue weighted by Gasteiger charge is 2.20. The van der Waals surface area contributed by atoms with Crippen molar-refractivity contribution in [2.75, 3.05) is 24.3 Å². The summed E-state index contributed by atoms with van der Waals surface area (Å²) in [7, 11) is -0.994. The van der Waals surface area contributed by atoms with Gasteiger partial charge in [0.25, 0.3) is 15.9 Å². The first-order valence-electron chi connectivity index (χ1n) is 10.3. The number of nitrogens with one attached hydrogen (secondary N) is 2. The van der Waals surface area contributed by atoms with Crippen LogP contribution >= 0.6 is 11.6 Å². The normalized spacial score (nSPS) is 11.9. The summed E-state index contributed by atoms with van der Waals surface area (Å²) >= 11 is 5.97. The van der Waals surface area contributed by atoms with Gasteiger partial charge in [0.1, 0.15) is 17.2 Å². The molecule has 34 heavy (non-hydrogen) atoms. The minimum Gasteiger partial charge on any atom is -0.497 e. The number of sulfonamides is 1. The SMILES string of the molecule is CC[C@@H](Oc1cccc(Cl)c1)C(=O)Nc1ccc(S(=O)(=O)Nc2cc(OC)ccc2OC)cc1. The van der Waals surface area contributed by atoms with E-state index in [1.165, 1.54) is 44.6 Å². The molecule has 3 aromatic rings. The van der Waals surface area contributed by atoms with Crippen LogP contribution in [0.1, 0.15) is 13.3 Å². The zero-order chi connectivity index (χ0) is 24.7. The third kappa shape index (κ3) is 6.33. The Kier molecular flexibility index (Phi) is 8.25. The lowest BCUT2D eigenvalue weighted by Gasteiger charge is -2.17. The predicted molar refractivity (Wildman–Crippen MR) is 132 cm³/mol. The maximum Gasteiger partial charge on any atom is 0.265 e. The molecule has 0 radical (unpaired) electrons. The average molecular weight is 505 g/mol. The maximum absolute atomic E-state index is 12.9. The number of amides is 1. The molecule has 1 amide bonds. The van der Waals surface area contributed by atoms with Gasteiger partial charge in [-0.05, 0) is 61.0 Å². The smallest absolute Gasteiger partial charge is 0.265 e. The molecule has 0 aliphatic carbocycles. The van der Waals surface area contributed by atoms with E-state index in [0.29, 0.717) is 34.4 Å². The van der Waals surface area contributed by atoms with Gasteiger partial charge in [-0.3, -0.25) is 9.52 Å². The number of anilines is 2. The summed E-state index contributed by atoms with van der Waals surface area (Å²) in [5.41, 5.74) is 0.666. The van der Waals surface area contributed by atoms with E-state index in [1.807, 2.05) is 6.92 Å². The van der Waals surface area contributed by atoms with E-state index in [9.17, 15) is 13.2 Å². The molecule has 0 bridgehead atoms. The molecular weight excluding hydrogens is 480 g/mol. The zero-order valence-electron chi connectivity index (χ0n) is 18.9. The molecule has 3 aromatic carbocycles. The van der Waals surface area contributed by atoms with Gasteiger partial charge in [0.05, 0.1) is 24.8 Å². The van der Waals surface area contributed by atoms with Gasteiger partial charge in [0, 0.05) is 16.8 Å². The summed E-state index contributed by atoms with van der Waals surface area (Å²) in [6, 6.07) is 17.4. The second-order valence-corrected chi connectivity index (χ2v) is 9.28. The fourth-order valence-electron chi connectivity index (χ4n) is 3.06. The van der Waals surface area contributed by atoms with E-state index in [4.69, 9.17) is 25.8 Å². The number of carbonyl (C=O) groups excluding carboxylic acids is 1. The molecule has 0 heterocycles. The number of rotatable bonds is 10. The van der Waals surface area contributed by atoms with Gasteiger partial charge in [-0.15, -0.1) is 0 Å². The van der Waals surface area contributed by atoms with E-state index in [1.54, 1.807) is 36.4 Å². The van der Waals surface area contributed by atoms with Gasteiger partial charge >= 0.3 is 0 Å². The second kappa shape index (κ2) is 11.1. The fraction of sp³-hybridized carbons (Fsp3) is 0.208. The van der Waals surface area contributed by atoms with Crippen molar-refractivity contribution in [2.24, 2.45) is 0 Å². The number of hydrogen-bond acceptors (Lipinski definition) is 6. The molecule has 0 spiro atoms. The summed E-state index contributed by atoms with van der Waals surface area (Å²) in [5.74, 6) is 0.938. The summed E-state index contributed by atoms with van der Waals surface area (Å²) < 4.78 is 44.3. The Bertz CT molecular complexity index is 1250. The lowest BCUT2D eigenvalue weighted by Crippen LogP contribution is -2.32. The van der Waals surface area contributed by atoms with Crippen LogP contribution in [-0.2, 0) is 14.8 Å². The predicted octanol–water partition coefficient (Wildman–Crippen LogP) is 4.95. The quantitative estimate of drug-likeness (QED) is 0.405. The van der Waals surface area contributed by atoms with Crippen LogP contribution in [0.2, 0.25) is 5.02 Å².